The minimum atomic E-state index is -0.766. The van der Waals surface area contributed by atoms with Gasteiger partial charge in [0.05, 0.1) is 0 Å². The average molecular weight is 245 g/mol. The van der Waals surface area contributed by atoms with E-state index in [2.05, 4.69) is 19.2 Å². The fourth-order valence-corrected chi connectivity index (χ4v) is 1.97. The third-order valence-corrected chi connectivity index (χ3v) is 3.03. The van der Waals surface area contributed by atoms with Crippen LogP contribution in [-0.2, 0) is 4.79 Å². The minimum absolute atomic E-state index is 0.180. The maximum Gasteiger partial charge on any atom is 0.320 e. The van der Waals surface area contributed by atoms with Gasteiger partial charge in [0.25, 0.3) is 0 Å². The molecule has 0 radical (unpaired) electrons. The van der Waals surface area contributed by atoms with Crippen molar-refractivity contribution in [3.05, 3.63) is 0 Å². The van der Waals surface area contributed by atoms with Gasteiger partial charge in [-0.25, -0.2) is 0 Å². The molecule has 0 rings (SSSR count). The van der Waals surface area contributed by atoms with Gasteiger partial charge >= 0.3 is 5.97 Å². The van der Waals surface area contributed by atoms with E-state index in [0.29, 0.717) is 18.9 Å². The predicted octanol–water partition coefficient (Wildman–Crippen LogP) is 2.02. The third-order valence-electron chi connectivity index (χ3n) is 3.03. The average Bonchev–Trinajstić information content (AvgIpc) is 2.29. The van der Waals surface area contributed by atoms with Crippen molar-refractivity contribution in [3.8, 4) is 0 Å². The van der Waals surface area contributed by atoms with Gasteiger partial charge in [0.2, 0.25) is 0 Å². The maximum atomic E-state index is 11.0. The smallest absolute Gasteiger partial charge is 0.320 e. The van der Waals surface area contributed by atoms with Crippen LogP contribution in [0.1, 0.15) is 52.4 Å². The van der Waals surface area contributed by atoms with E-state index in [1.165, 1.54) is 0 Å². The summed E-state index contributed by atoms with van der Waals surface area (Å²) >= 11 is 0. The topological polar surface area (TPSA) is 69.6 Å². The first-order valence-electron chi connectivity index (χ1n) is 6.72. The van der Waals surface area contributed by atoms with E-state index in [1.54, 1.807) is 0 Å². The second-order valence-electron chi connectivity index (χ2n) is 4.61. The van der Waals surface area contributed by atoms with Gasteiger partial charge in [-0.05, 0) is 31.7 Å². The molecular formula is C13H27NO3. The van der Waals surface area contributed by atoms with Crippen LogP contribution >= 0.6 is 0 Å². The Morgan fingerprint density at radius 1 is 1.18 bits per heavy atom. The first kappa shape index (κ1) is 16.4. The Hall–Kier alpha value is -0.610. The van der Waals surface area contributed by atoms with Crippen LogP contribution in [0.5, 0.6) is 0 Å². The fraction of sp³-hybridized carbons (Fsp3) is 0.923. The van der Waals surface area contributed by atoms with Crippen LogP contribution < -0.4 is 5.32 Å². The number of aliphatic hydroxyl groups excluding tert-OH is 1. The molecule has 17 heavy (non-hydrogen) atoms. The van der Waals surface area contributed by atoms with E-state index in [9.17, 15) is 4.79 Å². The Morgan fingerprint density at radius 3 is 2.35 bits per heavy atom. The van der Waals surface area contributed by atoms with Crippen molar-refractivity contribution in [3.63, 3.8) is 0 Å². The van der Waals surface area contributed by atoms with Crippen LogP contribution in [0, 0.1) is 5.92 Å². The Morgan fingerprint density at radius 2 is 1.88 bits per heavy atom. The highest BCUT2D eigenvalue weighted by Crippen LogP contribution is 2.10. The van der Waals surface area contributed by atoms with Gasteiger partial charge in [0.15, 0.2) is 0 Å². The highest BCUT2D eigenvalue weighted by molar-refractivity contribution is 5.73. The van der Waals surface area contributed by atoms with Crippen molar-refractivity contribution in [2.45, 2.75) is 58.4 Å². The van der Waals surface area contributed by atoms with E-state index in [1.807, 2.05) is 0 Å². The lowest BCUT2D eigenvalue weighted by Gasteiger charge is -2.19. The van der Waals surface area contributed by atoms with Gasteiger partial charge in [0, 0.05) is 6.61 Å². The van der Waals surface area contributed by atoms with Gasteiger partial charge in [0.1, 0.15) is 6.04 Å². The quantitative estimate of drug-likeness (QED) is 0.521. The molecule has 0 aliphatic heterocycles. The number of unbranched alkanes of at least 4 members (excludes halogenated alkanes) is 1. The number of carbonyl (C=O) groups is 1. The summed E-state index contributed by atoms with van der Waals surface area (Å²) in [5, 5.41) is 21.1. The summed E-state index contributed by atoms with van der Waals surface area (Å²) in [5.41, 5.74) is 0. The number of carboxylic acids is 1. The summed E-state index contributed by atoms with van der Waals surface area (Å²) in [6, 6.07) is -0.437. The van der Waals surface area contributed by atoms with Gasteiger partial charge in [-0.2, -0.15) is 0 Å². The summed E-state index contributed by atoms with van der Waals surface area (Å²) in [4.78, 5) is 11.0. The first-order valence-corrected chi connectivity index (χ1v) is 6.72. The van der Waals surface area contributed by atoms with Crippen molar-refractivity contribution in [2.24, 2.45) is 5.92 Å². The van der Waals surface area contributed by atoms with E-state index in [4.69, 9.17) is 10.2 Å². The number of hydrogen-bond donors (Lipinski definition) is 3. The monoisotopic (exact) mass is 245 g/mol. The van der Waals surface area contributed by atoms with Crippen LogP contribution in [0.3, 0.4) is 0 Å². The molecule has 0 saturated heterocycles. The zero-order chi connectivity index (χ0) is 13.1. The van der Waals surface area contributed by atoms with E-state index < -0.39 is 12.0 Å². The Labute approximate surface area is 104 Å². The lowest BCUT2D eigenvalue weighted by Crippen LogP contribution is -2.39. The van der Waals surface area contributed by atoms with Gasteiger partial charge < -0.3 is 15.5 Å². The second-order valence-corrected chi connectivity index (χ2v) is 4.61. The molecule has 4 heteroatoms. The zero-order valence-corrected chi connectivity index (χ0v) is 11.1. The molecule has 0 spiro atoms. The summed E-state index contributed by atoms with van der Waals surface area (Å²) < 4.78 is 0. The number of hydrogen-bond acceptors (Lipinski definition) is 3. The number of aliphatic hydroxyl groups is 1. The summed E-state index contributed by atoms with van der Waals surface area (Å²) in [6.07, 6.45) is 5.49. The van der Waals surface area contributed by atoms with Crippen molar-refractivity contribution in [2.75, 3.05) is 13.2 Å². The van der Waals surface area contributed by atoms with Crippen molar-refractivity contribution in [1.82, 2.24) is 5.32 Å². The van der Waals surface area contributed by atoms with Crippen molar-refractivity contribution in [1.29, 1.82) is 0 Å². The van der Waals surface area contributed by atoms with Gasteiger partial charge in [-0.15, -0.1) is 0 Å². The Balaban J connectivity index is 4.01. The second kappa shape index (κ2) is 10.5. The molecule has 0 bridgehead atoms. The number of nitrogens with one attached hydrogen (secondary N) is 1. The molecule has 2 atom stereocenters. The highest BCUT2D eigenvalue weighted by atomic mass is 16.4. The largest absolute Gasteiger partial charge is 0.480 e. The minimum Gasteiger partial charge on any atom is -0.480 e. The van der Waals surface area contributed by atoms with E-state index >= 15 is 0 Å². The maximum absolute atomic E-state index is 11.0. The SMILES string of the molecule is CCCCC(NCC(CCC)CCO)C(=O)O. The van der Waals surface area contributed by atoms with Crippen LogP contribution in [-0.4, -0.2) is 35.4 Å². The molecule has 4 nitrogen and oxygen atoms in total. The molecule has 0 aromatic rings. The van der Waals surface area contributed by atoms with E-state index in [-0.39, 0.29) is 6.61 Å². The molecule has 0 fully saturated rings. The summed E-state index contributed by atoms with van der Waals surface area (Å²) in [7, 11) is 0. The van der Waals surface area contributed by atoms with Crippen LogP contribution in [0.25, 0.3) is 0 Å². The van der Waals surface area contributed by atoms with Crippen molar-refractivity contribution >= 4 is 5.97 Å². The summed E-state index contributed by atoms with van der Waals surface area (Å²) in [6.45, 7) is 5.04. The fourth-order valence-electron chi connectivity index (χ4n) is 1.97. The molecule has 0 aliphatic carbocycles. The Bertz CT molecular complexity index is 191. The lowest BCUT2D eigenvalue weighted by atomic mass is 9.99. The molecular weight excluding hydrogens is 218 g/mol. The summed E-state index contributed by atoms with van der Waals surface area (Å²) in [5.74, 6) is -0.383. The molecule has 0 amide bonds. The molecule has 2 unspecified atom stereocenters. The first-order chi connectivity index (χ1) is 8.15. The molecule has 0 aliphatic rings. The van der Waals surface area contributed by atoms with Crippen LogP contribution in [0.4, 0.5) is 0 Å². The predicted molar refractivity (Wildman–Crippen MR) is 69.1 cm³/mol. The zero-order valence-electron chi connectivity index (χ0n) is 11.1. The van der Waals surface area contributed by atoms with Gasteiger partial charge in [-0.1, -0.05) is 33.1 Å². The third kappa shape index (κ3) is 8.16. The van der Waals surface area contributed by atoms with Crippen molar-refractivity contribution < 1.29 is 15.0 Å². The lowest BCUT2D eigenvalue weighted by molar-refractivity contribution is -0.139. The standard InChI is InChI=1S/C13H27NO3/c1-3-5-7-12(13(16)17)14-10-11(6-4-2)8-9-15/h11-12,14-15H,3-10H2,1-2H3,(H,16,17). The number of carboxylic acid groups (broad SMARTS) is 1. The molecule has 0 heterocycles. The molecule has 102 valence electrons. The van der Waals surface area contributed by atoms with Gasteiger partial charge in [-0.3, -0.25) is 4.79 Å². The number of rotatable bonds is 11. The molecule has 0 aromatic carbocycles. The Kier molecular flexibility index (Phi) is 10.2. The van der Waals surface area contributed by atoms with Crippen LogP contribution in [0.2, 0.25) is 0 Å². The number of aliphatic carboxylic acids is 1. The molecule has 3 N–H and O–H groups in total. The molecule has 0 saturated carbocycles. The highest BCUT2D eigenvalue weighted by Gasteiger charge is 2.17. The van der Waals surface area contributed by atoms with Crippen LogP contribution in [0.15, 0.2) is 0 Å². The van der Waals surface area contributed by atoms with E-state index in [0.717, 1.165) is 32.1 Å². The normalized spacial score (nSPS) is 14.5. The molecule has 0 aromatic heterocycles.